The molecule has 27 heavy (non-hydrogen) atoms. The zero-order valence-electron chi connectivity index (χ0n) is 15.4. The van der Waals surface area contributed by atoms with Crippen LogP contribution in [-0.2, 0) is 6.54 Å². The van der Waals surface area contributed by atoms with Crippen LogP contribution in [0.3, 0.4) is 0 Å². The quantitative estimate of drug-likeness (QED) is 0.672. The van der Waals surface area contributed by atoms with Crippen LogP contribution in [0.5, 0.6) is 11.5 Å². The molecule has 2 aliphatic heterocycles. The Kier molecular flexibility index (Phi) is 4.09. The lowest BCUT2D eigenvalue weighted by Crippen LogP contribution is -2.22. The first kappa shape index (κ1) is 16.4. The van der Waals surface area contributed by atoms with E-state index in [2.05, 4.69) is 48.2 Å². The van der Waals surface area contributed by atoms with Crippen molar-refractivity contribution in [2.24, 2.45) is 0 Å². The molecule has 3 aromatic rings. The molecule has 1 atom stereocenters. The van der Waals surface area contributed by atoms with Crippen LogP contribution in [0.4, 0.5) is 0 Å². The maximum absolute atomic E-state index is 5.73. The predicted molar refractivity (Wildman–Crippen MR) is 102 cm³/mol. The Morgan fingerprint density at radius 1 is 1.07 bits per heavy atom. The molecule has 0 radical (unpaired) electrons. The molecule has 1 unspecified atom stereocenters. The molecule has 0 spiro atoms. The fraction of sp³-hybridized carbons (Fsp3) is 0.318. The summed E-state index contributed by atoms with van der Waals surface area (Å²) in [7, 11) is 0. The lowest BCUT2D eigenvalue weighted by molar-refractivity contribution is 0.173. The topological polar surface area (TPSA) is 47.7 Å². The van der Waals surface area contributed by atoms with Gasteiger partial charge in [-0.3, -0.25) is 4.90 Å². The smallest absolute Gasteiger partial charge is 0.231 e. The second kappa shape index (κ2) is 6.74. The zero-order valence-corrected chi connectivity index (χ0v) is 15.4. The standard InChI is InChI=1S/C22H22N2O3/c1-15-4-6-16(7-5-15)22-23-18(13-25-22)12-24-10-2-3-19(24)17-8-9-20-21(11-17)27-14-26-20/h4-9,11,13,19H,2-3,10,12,14H2,1H3. The van der Waals surface area contributed by atoms with Crippen molar-refractivity contribution in [3.8, 4) is 23.0 Å². The van der Waals surface area contributed by atoms with Crippen LogP contribution < -0.4 is 9.47 Å². The number of fused-ring (bicyclic) bond motifs is 1. The van der Waals surface area contributed by atoms with E-state index >= 15 is 0 Å². The second-order valence-electron chi connectivity index (χ2n) is 7.25. The van der Waals surface area contributed by atoms with Crippen LogP contribution >= 0.6 is 0 Å². The Bertz CT molecular complexity index is 948. The van der Waals surface area contributed by atoms with Crippen molar-refractivity contribution in [2.75, 3.05) is 13.3 Å². The zero-order chi connectivity index (χ0) is 18.2. The Morgan fingerprint density at radius 2 is 1.93 bits per heavy atom. The molecule has 5 nitrogen and oxygen atoms in total. The minimum absolute atomic E-state index is 0.313. The third-order valence-corrected chi connectivity index (χ3v) is 5.36. The van der Waals surface area contributed by atoms with Gasteiger partial charge in [0.05, 0.1) is 5.69 Å². The van der Waals surface area contributed by atoms with Crippen molar-refractivity contribution in [3.63, 3.8) is 0 Å². The third-order valence-electron chi connectivity index (χ3n) is 5.36. The van der Waals surface area contributed by atoms with Gasteiger partial charge in [0.25, 0.3) is 0 Å². The fourth-order valence-electron chi connectivity index (χ4n) is 3.93. The summed E-state index contributed by atoms with van der Waals surface area (Å²) in [5.41, 5.74) is 4.49. The number of nitrogens with zero attached hydrogens (tertiary/aromatic N) is 2. The highest BCUT2D eigenvalue weighted by Gasteiger charge is 2.28. The van der Waals surface area contributed by atoms with Gasteiger partial charge in [0.1, 0.15) is 6.26 Å². The van der Waals surface area contributed by atoms with Crippen molar-refractivity contribution in [1.29, 1.82) is 0 Å². The number of rotatable bonds is 4. The molecule has 0 aliphatic carbocycles. The number of aryl methyl sites for hydroxylation is 1. The minimum atomic E-state index is 0.313. The first-order chi connectivity index (χ1) is 13.3. The van der Waals surface area contributed by atoms with E-state index in [4.69, 9.17) is 18.9 Å². The van der Waals surface area contributed by atoms with E-state index in [-0.39, 0.29) is 0 Å². The van der Waals surface area contributed by atoms with Gasteiger partial charge in [0, 0.05) is 18.2 Å². The van der Waals surface area contributed by atoms with Gasteiger partial charge in [0.15, 0.2) is 11.5 Å². The van der Waals surface area contributed by atoms with Gasteiger partial charge in [-0.05, 0) is 56.1 Å². The largest absolute Gasteiger partial charge is 0.454 e. The molecule has 5 heteroatoms. The number of ether oxygens (including phenoxy) is 2. The lowest BCUT2D eigenvalue weighted by Gasteiger charge is -2.24. The predicted octanol–water partition coefficient (Wildman–Crippen LogP) is 4.72. The average Bonchev–Trinajstić information content (AvgIpc) is 3.42. The molecule has 0 amide bonds. The fourth-order valence-corrected chi connectivity index (χ4v) is 3.93. The summed E-state index contributed by atoms with van der Waals surface area (Å²) in [5, 5.41) is 0. The van der Waals surface area contributed by atoms with Gasteiger partial charge in [-0.1, -0.05) is 23.8 Å². The summed E-state index contributed by atoms with van der Waals surface area (Å²) < 4.78 is 16.7. The minimum Gasteiger partial charge on any atom is -0.454 e. The number of hydrogen-bond donors (Lipinski definition) is 0. The van der Waals surface area contributed by atoms with Crippen LogP contribution in [0.1, 0.15) is 35.7 Å². The molecular formula is C22H22N2O3. The Morgan fingerprint density at radius 3 is 2.81 bits per heavy atom. The van der Waals surface area contributed by atoms with Crippen LogP contribution in [0, 0.1) is 6.92 Å². The SMILES string of the molecule is Cc1ccc(-c2nc(CN3CCCC3c3ccc4c(c3)OCO4)co2)cc1. The van der Waals surface area contributed by atoms with Gasteiger partial charge in [-0.2, -0.15) is 0 Å². The van der Waals surface area contributed by atoms with Crippen LogP contribution in [-0.4, -0.2) is 23.2 Å². The summed E-state index contributed by atoms with van der Waals surface area (Å²) in [5.74, 6) is 2.37. The molecule has 2 aliphatic rings. The summed E-state index contributed by atoms with van der Waals surface area (Å²) >= 11 is 0. The molecule has 0 bridgehead atoms. The summed E-state index contributed by atoms with van der Waals surface area (Å²) in [4.78, 5) is 7.17. The molecule has 1 fully saturated rings. The number of benzene rings is 2. The van der Waals surface area contributed by atoms with Gasteiger partial charge in [-0.15, -0.1) is 0 Å². The average molecular weight is 362 g/mol. The van der Waals surface area contributed by atoms with E-state index in [1.807, 2.05) is 6.07 Å². The van der Waals surface area contributed by atoms with Crippen molar-refractivity contribution in [2.45, 2.75) is 32.4 Å². The molecule has 138 valence electrons. The van der Waals surface area contributed by atoms with Gasteiger partial charge in [-0.25, -0.2) is 4.98 Å². The molecule has 3 heterocycles. The molecule has 5 rings (SSSR count). The highest BCUT2D eigenvalue weighted by atomic mass is 16.7. The van der Waals surface area contributed by atoms with Gasteiger partial charge < -0.3 is 13.9 Å². The second-order valence-corrected chi connectivity index (χ2v) is 7.25. The van der Waals surface area contributed by atoms with Crippen LogP contribution in [0.25, 0.3) is 11.5 Å². The van der Waals surface area contributed by atoms with E-state index in [9.17, 15) is 0 Å². The molecule has 2 aromatic carbocycles. The lowest BCUT2D eigenvalue weighted by atomic mass is 10.0. The highest BCUT2D eigenvalue weighted by Crippen LogP contribution is 2.39. The van der Waals surface area contributed by atoms with Gasteiger partial charge in [0.2, 0.25) is 12.7 Å². The van der Waals surface area contributed by atoms with Crippen LogP contribution in [0.15, 0.2) is 53.1 Å². The molecule has 0 saturated carbocycles. The van der Waals surface area contributed by atoms with Crippen molar-refractivity contribution in [3.05, 3.63) is 65.5 Å². The van der Waals surface area contributed by atoms with Crippen molar-refractivity contribution < 1.29 is 13.9 Å². The molecule has 1 aromatic heterocycles. The van der Waals surface area contributed by atoms with Crippen molar-refractivity contribution in [1.82, 2.24) is 9.88 Å². The number of hydrogen-bond acceptors (Lipinski definition) is 5. The summed E-state index contributed by atoms with van der Waals surface area (Å²) in [6.07, 6.45) is 4.11. The Balaban J connectivity index is 1.33. The van der Waals surface area contributed by atoms with Gasteiger partial charge >= 0.3 is 0 Å². The maximum Gasteiger partial charge on any atom is 0.231 e. The first-order valence-electron chi connectivity index (χ1n) is 9.41. The molecule has 1 saturated heterocycles. The Labute approximate surface area is 158 Å². The van der Waals surface area contributed by atoms with E-state index in [0.29, 0.717) is 18.7 Å². The summed E-state index contributed by atoms with van der Waals surface area (Å²) in [6.45, 7) is 4.24. The normalized spacial score (nSPS) is 18.9. The van der Waals surface area contributed by atoms with E-state index in [1.54, 1.807) is 6.26 Å². The molecule has 0 N–H and O–H groups in total. The number of oxazole rings is 1. The third kappa shape index (κ3) is 3.19. The van der Waals surface area contributed by atoms with E-state index < -0.39 is 0 Å². The number of likely N-dealkylation sites (tertiary alicyclic amines) is 1. The first-order valence-corrected chi connectivity index (χ1v) is 9.41. The maximum atomic E-state index is 5.73. The highest BCUT2D eigenvalue weighted by molar-refractivity contribution is 5.53. The Hall–Kier alpha value is -2.79. The monoisotopic (exact) mass is 362 g/mol. The van der Waals surface area contributed by atoms with E-state index in [0.717, 1.165) is 42.3 Å². The van der Waals surface area contributed by atoms with Crippen LogP contribution in [0.2, 0.25) is 0 Å². The summed E-state index contributed by atoms with van der Waals surface area (Å²) in [6, 6.07) is 14.9. The van der Waals surface area contributed by atoms with Crippen molar-refractivity contribution >= 4 is 0 Å². The number of aromatic nitrogens is 1. The molecular weight excluding hydrogens is 340 g/mol. The van der Waals surface area contributed by atoms with E-state index in [1.165, 1.54) is 17.5 Å².